The van der Waals surface area contributed by atoms with E-state index in [4.69, 9.17) is 32.7 Å². The van der Waals surface area contributed by atoms with E-state index in [1.807, 2.05) is 58.3 Å². The summed E-state index contributed by atoms with van der Waals surface area (Å²) in [5.74, 6) is 1.82. The summed E-state index contributed by atoms with van der Waals surface area (Å²) >= 11 is 15.8. The molecule has 2 atom stereocenters. The lowest BCUT2D eigenvalue weighted by Crippen LogP contribution is -2.37. The second-order valence-electron chi connectivity index (χ2n) is 15.4. The topological polar surface area (TPSA) is 65.6 Å². The first-order valence-corrected chi connectivity index (χ1v) is 23.0. The second kappa shape index (κ2) is 20.6. The molecule has 0 radical (unpaired) electrons. The highest BCUT2D eigenvalue weighted by molar-refractivity contribution is 7.16. The van der Waals surface area contributed by atoms with Gasteiger partial charge in [-0.3, -0.25) is 9.59 Å². The molecule has 8 rings (SSSR count). The Bertz CT molecular complexity index is 1890. The number of rotatable bonds is 14. The van der Waals surface area contributed by atoms with Crippen LogP contribution in [0.2, 0.25) is 8.67 Å². The summed E-state index contributed by atoms with van der Waals surface area (Å²) in [5, 5.41) is 0. The Balaban J connectivity index is 0.000000177. The zero-order valence-corrected chi connectivity index (χ0v) is 36.4. The third-order valence-electron chi connectivity index (χ3n) is 11.6. The van der Waals surface area contributed by atoms with Crippen LogP contribution < -0.4 is 9.47 Å². The normalized spacial score (nSPS) is 19.2. The number of likely N-dealkylation sites (tertiary alicyclic amines) is 2. The van der Waals surface area contributed by atoms with Gasteiger partial charge in [-0.15, -0.1) is 22.7 Å². The predicted molar refractivity (Wildman–Crippen MR) is 238 cm³/mol. The minimum Gasteiger partial charge on any atom is -0.493 e. The molecule has 2 aromatic carbocycles. The summed E-state index contributed by atoms with van der Waals surface area (Å²) in [6, 6.07) is 20.5. The molecule has 4 aliphatic heterocycles. The highest BCUT2D eigenvalue weighted by atomic mass is 35.5. The Morgan fingerprint density at radius 3 is 1.43 bits per heavy atom. The molecule has 2 fully saturated rings. The molecular weight excluding hydrogens is 808 g/mol. The van der Waals surface area contributed by atoms with Gasteiger partial charge in [-0.2, -0.15) is 0 Å². The van der Waals surface area contributed by atoms with Crippen molar-refractivity contribution in [3.05, 3.63) is 127 Å². The van der Waals surface area contributed by atoms with Gasteiger partial charge in [-0.25, -0.2) is 0 Å². The number of halogens is 2. The fourth-order valence-electron chi connectivity index (χ4n) is 8.65. The number of hydrogen-bond acceptors (Lipinski definition) is 8. The number of carbonyl (C=O) groups is 2. The monoisotopic (exact) mass is 860 g/mol. The first kappa shape index (κ1) is 42.5. The lowest BCUT2D eigenvalue weighted by Gasteiger charge is -2.33. The molecule has 6 heterocycles. The van der Waals surface area contributed by atoms with E-state index >= 15 is 0 Å². The largest absolute Gasteiger partial charge is 0.493 e. The van der Waals surface area contributed by atoms with Gasteiger partial charge >= 0.3 is 0 Å². The highest BCUT2D eigenvalue weighted by Gasteiger charge is 2.33. The third kappa shape index (κ3) is 10.6. The molecule has 58 heavy (non-hydrogen) atoms. The van der Waals surface area contributed by atoms with Crippen molar-refractivity contribution in [1.82, 2.24) is 19.6 Å². The maximum Gasteiger partial charge on any atom is 0.246 e. The van der Waals surface area contributed by atoms with E-state index in [2.05, 4.69) is 35.1 Å². The zero-order chi connectivity index (χ0) is 40.4. The van der Waals surface area contributed by atoms with Crippen LogP contribution in [-0.4, -0.2) is 97.0 Å². The van der Waals surface area contributed by atoms with Crippen LogP contribution in [0, 0.1) is 0 Å². The van der Waals surface area contributed by atoms with Crippen molar-refractivity contribution in [2.24, 2.45) is 0 Å². The molecule has 2 aromatic heterocycles. The number of thiophene rings is 2. The van der Waals surface area contributed by atoms with Crippen molar-refractivity contribution < 1.29 is 19.1 Å². The van der Waals surface area contributed by atoms with Crippen LogP contribution in [0.4, 0.5) is 0 Å². The SMILES string of the molecule is C=CC(=O)N1Cc2sc(Cl)cc2[C@@H](c2ccccc2OCCCN2CCCC2)C1.C=CC(=O)N1Cc2sc(Cl)cc2[C@H](c2ccccc2OCCCN2CCCC2)C1. The molecule has 0 spiro atoms. The molecule has 0 unspecified atom stereocenters. The minimum atomic E-state index is -0.0471. The van der Waals surface area contributed by atoms with E-state index in [1.165, 1.54) is 75.1 Å². The zero-order valence-electron chi connectivity index (χ0n) is 33.2. The number of benzene rings is 2. The lowest BCUT2D eigenvalue weighted by atomic mass is 9.88. The molecule has 2 amide bonds. The Morgan fingerprint density at radius 1 is 0.638 bits per heavy atom. The van der Waals surface area contributed by atoms with Gasteiger partial charge in [0.1, 0.15) is 11.5 Å². The summed E-state index contributed by atoms with van der Waals surface area (Å²) in [4.78, 5) is 35.6. The van der Waals surface area contributed by atoms with Crippen LogP contribution >= 0.6 is 45.9 Å². The van der Waals surface area contributed by atoms with Crippen molar-refractivity contribution in [2.45, 2.75) is 63.5 Å². The van der Waals surface area contributed by atoms with Gasteiger partial charge in [-0.1, -0.05) is 72.8 Å². The molecule has 0 aliphatic carbocycles. The summed E-state index contributed by atoms with van der Waals surface area (Å²) in [6.45, 7) is 18.2. The molecule has 2 saturated heterocycles. The lowest BCUT2D eigenvalue weighted by molar-refractivity contribution is -0.127. The maximum absolute atomic E-state index is 12.3. The predicted octanol–water partition coefficient (Wildman–Crippen LogP) is 9.85. The Hall–Kier alpha value is -3.64. The van der Waals surface area contributed by atoms with Crippen LogP contribution in [0.25, 0.3) is 0 Å². The Labute approximate surface area is 361 Å². The van der Waals surface area contributed by atoms with Crippen LogP contribution in [0.3, 0.4) is 0 Å². The molecule has 12 heteroatoms. The standard InChI is InChI=1S/2C23H27ClN2O2S/c2*1-2-23(27)26-15-19(18-14-22(24)29-21(18)16-26)17-8-3-4-9-20(17)28-13-7-12-25-10-5-6-11-25/h2*2-4,8-9,14,19H,1,5-7,10-13,15-16H2/t2*19-/m10/s1. The average Bonchev–Trinajstić information content (AvgIpc) is 4.08. The van der Waals surface area contributed by atoms with Crippen molar-refractivity contribution >= 4 is 57.7 Å². The molecule has 4 aromatic rings. The molecular formula is C46H54Cl2N4O4S2. The van der Waals surface area contributed by atoms with E-state index in [9.17, 15) is 9.59 Å². The molecule has 308 valence electrons. The second-order valence-corrected chi connectivity index (χ2v) is 18.9. The van der Waals surface area contributed by atoms with Crippen molar-refractivity contribution in [3.63, 3.8) is 0 Å². The summed E-state index contributed by atoms with van der Waals surface area (Å²) in [7, 11) is 0. The fourth-order valence-corrected chi connectivity index (χ4v) is 11.4. The van der Waals surface area contributed by atoms with Crippen molar-refractivity contribution in [3.8, 4) is 11.5 Å². The molecule has 8 nitrogen and oxygen atoms in total. The third-order valence-corrected chi connectivity index (χ3v) is 14.1. The van der Waals surface area contributed by atoms with Gasteiger partial charge in [0.2, 0.25) is 11.8 Å². The number of para-hydroxylation sites is 2. The van der Waals surface area contributed by atoms with E-state index in [1.54, 1.807) is 22.7 Å². The van der Waals surface area contributed by atoms with Crippen molar-refractivity contribution in [1.29, 1.82) is 0 Å². The Kier molecular flexibility index (Phi) is 15.1. The van der Waals surface area contributed by atoms with Crippen LogP contribution in [0.1, 0.15) is 82.4 Å². The number of ether oxygens (including phenoxy) is 2. The fraction of sp³-hybridized carbons (Fsp3) is 0.435. The van der Waals surface area contributed by atoms with Crippen LogP contribution in [0.15, 0.2) is 86.0 Å². The molecule has 4 aliphatic rings. The molecule has 0 bridgehead atoms. The Morgan fingerprint density at radius 2 is 1.03 bits per heavy atom. The molecule has 0 saturated carbocycles. The maximum atomic E-state index is 12.3. The van der Waals surface area contributed by atoms with Crippen LogP contribution in [-0.2, 0) is 22.7 Å². The van der Waals surface area contributed by atoms with Gasteiger partial charge in [0.15, 0.2) is 0 Å². The van der Waals surface area contributed by atoms with Gasteiger partial charge in [-0.05, 0) is 112 Å². The van der Waals surface area contributed by atoms with Crippen LogP contribution in [0.5, 0.6) is 11.5 Å². The number of carbonyl (C=O) groups excluding carboxylic acids is 2. The highest BCUT2D eigenvalue weighted by Crippen LogP contribution is 2.44. The van der Waals surface area contributed by atoms with E-state index in [0.29, 0.717) is 39.4 Å². The first-order valence-electron chi connectivity index (χ1n) is 20.6. The summed E-state index contributed by atoms with van der Waals surface area (Å²) in [5.41, 5.74) is 4.65. The number of hydrogen-bond donors (Lipinski definition) is 0. The number of nitrogens with zero attached hydrogens (tertiary/aromatic N) is 4. The van der Waals surface area contributed by atoms with Gasteiger partial charge in [0.05, 0.1) is 35.0 Å². The van der Waals surface area contributed by atoms with E-state index in [-0.39, 0.29) is 23.7 Å². The van der Waals surface area contributed by atoms with E-state index < -0.39 is 0 Å². The average molecular weight is 862 g/mol. The van der Waals surface area contributed by atoms with Gasteiger partial charge in [0, 0.05) is 58.9 Å². The smallest absolute Gasteiger partial charge is 0.246 e. The van der Waals surface area contributed by atoms with Crippen molar-refractivity contribution in [2.75, 3.05) is 65.6 Å². The first-order chi connectivity index (χ1) is 28.3. The molecule has 0 N–H and O–H groups in total. The minimum absolute atomic E-state index is 0.0471. The van der Waals surface area contributed by atoms with Gasteiger partial charge < -0.3 is 29.1 Å². The summed E-state index contributed by atoms with van der Waals surface area (Å²) < 4.78 is 14.0. The quantitative estimate of drug-likeness (QED) is 0.0930. The summed E-state index contributed by atoms with van der Waals surface area (Å²) in [6.07, 6.45) is 10.1. The number of amides is 2. The number of fused-ring (bicyclic) bond motifs is 2. The van der Waals surface area contributed by atoms with Gasteiger partial charge in [0.25, 0.3) is 0 Å². The van der Waals surface area contributed by atoms with E-state index in [0.717, 1.165) is 67.0 Å².